The van der Waals surface area contributed by atoms with Crippen molar-refractivity contribution in [2.24, 2.45) is 0 Å². The Morgan fingerprint density at radius 1 is 1.24 bits per heavy atom. The summed E-state index contributed by atoms with van der Waals surface area (Å²) in [5.74, 6) is 1.76. The van der Waals surface area contributed by atoms with Crippen molar-refractivity contribution in [3.05, 3.63) is 59.2 Å². The molecule has 0 aliphatic carbocycles. The van der Waals surface area contributed by atoms with Gasteiger partial charge in [0.2, 0.25) is 0 Å². The number of aryl methyl sites for hydroxylation is 2. The summed E-state index contributed by atoms with van der Waals surface area (Å²) in [5, 5.41) is 3.07. The van der Waals surface area contributed by atoms with Crippen LogP contribution in [0.25, 0.3) is 0 Å². The summed E-state index contributed by atoms with van der Waals surface area (Å²) in [7, 11) is 0. The lowest BCUT2D eigenvalue weighted by atomic mass is 10.1. The van der Waals surface area contributed by atoms with Crippen LogP contribution in [0, 0.1) is 13.8 Å². The molecule has 2 aromatic rings. The van der Waals surface area contributed by atoms with Crippen molar-refractivity contribution in [3.8, 4) is 5.75 Å². The molecule has 5 heteroatoms. The molecule has 2 amide bonds. The van der Waals surface area contributed by atoms with E-state index in [1.807, 2.05) is 47.9 Å². The number of thioether (sulfide) groups is 1. The Kier molecular flexibility index (Phi) is 5.53. The second-order valence-electron chi connectivity index (χ2n) is 6.16. The first-order chi connectivity index (χ1) is 12.1. The average Bonchev–Trinajstić information content (AvgIpc) is 3.06. The fourth-order valence-electron chi connectivity index (χ4n) is 3.03. The molecule has 1 atom stereocenters. The predicted molar refractivity (Wildman–Crippen MR) is 104 cm³/mol. The molecule has 3 rings (SSSR count). The molecule has 1 saturated heterocycles. The highest BCUT2D eigenvalue weighted by Gasteiger charge is 2.31. The zero-order valence-electron chi connectivity index (χ0n) is 14.9. The third kappa shape index (κ3) is 4.10. The highest BCUT2D eigenvalue weighted by molar-refractivity contribution is 7.99. The first-order valence-electron chi connectivity index (χ1n) is 8.57. The Morgan fingerprint density at radius 3 is 2.68 bits per heavy atom. The van der Waals surface area contributed by atoms with Crippen LogP contribution in [0.1, 0.15) is 29.0 Å². The maximum atomic E-state index is 12.8. The van der Waals surface area contributed by atoms with Gasteiger partial charge in [0.05, 0.1) is 6.61 Å². The van der Waals surface area contributed by atoms with Crippen molar-refractivity contribution in [2.45, 2.75) is 26.1 Å². The van der Waals surface area contributed by atoms with Crippen LogP contribution in [-0.4, -0.2) is 29.8 Å². The number of nitrogens with one attached hydrogen (secondary N) is 1. The quantitative estimate of drug-likeness (QED) is 0.840. The molecule has 0 bridgehead atoms. The smallest absolute Gasteiger partial charge is 0.323 e. The van der Waals surface area contributed by atoms with Gasteiger partial charge in [0.1, 0.15) is 11.1 Å². The van der Waals surface area contributed by atoms with Crippen molar-refractivity contribution in [1.29, 1.82) is 0 Å². The van der Waals surface area contributed by atoms with Crippen molar-refractivity contribution in [3.63, 3.8) is 0 Å². The lowest BCUT2D eigenvalue weighted by Crippen LogP contribution is -2.34. The fraction of sp³-hybridized carbons (Fsp3) is 0.350. The van der Waals surface area contributed by atoms with Crippen LogP contribution in [0.2, 0.25) is 0 Å². The Labute approximate surface area is 153 Å². The highest BCUT2D eigenvalue weighted by Crippen LogP contribution is 2.39. The van der Waals surface area contributed by atoms with Gasteiger partial charge in [0, 0.05) is 18.0 Å². The van der Waals surface area contributed by atoms with Crippen LogP contribution < -0.4 is 10.1 Å². The van der Waals surface area contributed by atoms with E-state index in [1.54, 1.807) is 0 Å². The van der Waals surface area contributed by atoms with Gasteiger partial charge in [-0.1, -0.05) is 23.8 Å². The Morgan fingerprint density at radius 2 is 2.00 bits per heavy atom. The normalized spacial score (nSPS) is 16.8. The molecule has 132 valence electrons. The fourth-order valence-corrected chi connectivity index (χ4v) is 4.39. The van der Waals surface area contributed by atoms with E-state index in [9.17, 15) is 4.79 Å². The van der Waals surface area contributed by atoms with E-state index in [1.165, 1.54) is 16.7 Å². The number of ether oxygens (including phenoxy) is 1. The standard InChI is InChI=1S/C20H24N2O2S/c1-4-24-17-8-6-16(7-9-17)21-20(23)22-11-12-25-19(22)18-10-5-14(2)13-15(18)3/h5-10,13,19H,4,11-12H2,1-3H3,(H,21,23)/t19-/m0/s1. The molecule has 1 N–H and O–H groups in total. The summed E-state index contributed by atoms with van der Waals surface area (Å²) >= 11 is 1.82. The number of amides is 2. The molecule has 1 aliphatic heterocycles. The highest BCUT2D eigenvalue weighted by atomic mass is 32.2. The second-order valence-corrected chi connectivity index (χ2v) is 7.35. The van der Waals surface area contributed by atoms with Gasteiger partial charge in [-0.3, -0.25) is 0 Å². The van der Waals surface area contributed by atoms with Gasteiger partial charge in [0.15, 0.2) is 0 Å². The molecular weight excluding hydrogens is 332 g/mol. The average molecular weight is 356 g/mol. The van der Waals surface area contributed by atoms with Crippen molar-refractivity contribution in [1.82, 2.24) is 4.90 Å². The van der Waals surface area contributed by atoms with Gasteiger partial charge < -0.3 is 15.0 Å². The number of carbonyl (C=O) groups excluding carboxylic acids is 1. The lowest BCUT2D eigenvalue weighted by molar-refractivity contribution is 0.214. The van der Waals surface area contributed by atoms with Gasteiger partial charge in [-0.15, -0.1) is 11.8 Å². The van der Waals surface area contributed by atoms with Crippen LogP contribution >= 0.6 is 11.8 Å². The number of rotatable bonds is 4. The third-order valence-electron chi connectivity index (χ3n) is 4.26. The summed E-state index contributed by atoms with van der Waals surface area (Å²) in [6.45, 7) is 7.55. The van der Waals surface area contributed by atoms with E-state index in [-0.39, 0.29) is 11.4 Å². The molecule has 2 aromatic carbocycles. The van der Waals surface area contributed by atoms with Gasteiger partial charge in [-0.2, -0.15) is 0 Å². The molecule has 0 saturated carbocycles. The number of hydrogen-bond donors (Lipinski definition) is 1. The van der Waals surface area contributed by atoms with Crippen molar-refractivity contribution >= 4 is 23.5 Å². The Balaban J connectivity index is 1.72. The summed E-state index contributed by atoms with van der Waals surface area (Å²) in [4.78, 5) is 14.7. The zero-order valence-corrected chi connectivity index (χ0v) is 15.7. The van der Waals surface area contributed by atoms with Gasteiger partial charge in [-0.25, -0.2) is 4.79 Å². The molecule has 0 unspecified atom stereocenters. The number of urea groups is 1. The van der Waals surface area contributed by atoms with E-state index >= 15 is 0 Å². The number of hydrogen-bond acceptors (Lipinski definition) is 3. The minimum absolute atomic E-state index is 0.0564. The van der Waals surface area contributed by atoms with Gasteiger partial charge in [-0.05, 0) is 56.2 Å². The van der Waals surface area contributed by atoms with Crippen LogP contribution in [0.5, 0.6) is 5.75 Å². The van der Waals surface area contributed by atoms with E-state index in [4.69, 9.17) is 4.74 Å². The molecule has 25 heavy (non-hydrogen) atoms. The van der Waals surface area contributed by atoms with Crippen molar-refractivity contribution in [2.75, 3.05) is 24.2 Å². The monoisotopic (exact) mass is 356 g/mol. The maximum Gasteiger partial charge on any atom is 0.323 e. The molecule has 4 nitrogen and oxygen atoms in total. The third-order valence-corrected chi connectivity index (χ3v) is 5.50. The van der Waals surface area contributed by atoms with Crippen LogP contribution in [-0.2, 0) is 0 Å². The number of nitrogens with zero attached hydrogens (tertiary/aromatic N) is 1. The topological polar surface area (TPSA) is 41.6 Å². The van der Waals surface area contributed by atoms with Crippen LogP contribution in [0.4, 0.5) is 10.5 Å². The second kappa shape index (κ2) is 7.83. The van der Waals surface area contributed by atoms with E-state index in [0.29, 0.717) is 6.61 Å². The number of anilines is 1. The largest absolute Gasteiger partial charge is 0.494 e. The van der Waals surface area contributed by atoms with Crippen LogP contribution in [0.3, 0.4) is 0 Å². The van der Waals surface area contributed by atoms with E-state index in [0.717, 1.165) is 23.7 Å². The molecule has 0 spiro atoms. The molecule has 1 aliphatic rings. The minimum Gasteiger partial charge on any atom is -0.494 e. The Hall–Kier alpha value is -2.14. The van der Waals surface area contributed by atoms with E-state index < -0.39 is 0 Å². The molecule has 0 aromatic heterocycles. The summed E-state index contributed by atoms with van der Waals surface area (Å²) in [6.07, 6.45) is 0. The molecule has 0 radical (unpaired) electrons. The Bertz CT molecular complexity index is 746. The SMILES string of the molecule is CCOc1ccc(NC(=O)N2CCS[C@H]2c2ccc(C)cc2C)cc1. The first-order valence-corrected chi connectivity index (χ1v) is 9.62. The number of benzene rings is 2. The lowest BCUT2D eigenvalue weighted by Gasteiger charge is -2.26. The molecule has 1 fully saturated rings. The van der Waals surface area contributed by atoms with Gasteiger partial charge >= 0.3 is 6.03 Å². The number of carbonyl (C=O) groups is 1. The maximum absolute atomic E-state index is 12.8. The minimum atomic E-state index is -0.0564. The van der Waals surface area contributed by atoms with Gasteiger partial charge in [0.25, 0.3) is 0 Å². The summed E-state index contributed by atoms with van der Waals surface area (Å²) in [5.41, 5.74) is 4.48. The molecule has 1 heterocycles. The summed E-state index contributed by atoms with van der Waals surface area (Å²) in [6, 6.07) is 13.9. The predicted octanol–water partition coefficient (Wildman–Crippen LogP) is 4.98. The first kappa shape index (κ1) is 17.7. The molecular formula is C20H24N2O2S. The van der Waals surface area contributed by atoms with E-state index in [2.05, 4.69) is 37.4 Å². The van der Waals surface area contributed by atoms with Crippen LogP contribution in [0.15, 0.2) is 42.5 Å². The zero-order chi connectivity index (χ0) is 17.8. The summed E-state index contributed by atoms with van der Waals surface area (Å²) < 4.78 is 5.44. The van der Waals surface area contributed by atoms with Crippen molar-refractivity contribution < 1.29 is 9.53 Å².